The van der Waals surface area contributed by atoms with Crippen molar-refractivity contribution in [1.29, 1.82) is 0 Å². The average molecular weight is 369 g/mol. The van der Waals surface area contributed by atoms with E-state index in [9.17, 15) is 0 Å². The van der Waals surface area contributed by atoms with Crippen LogP contribution in [0.1, 0.15) is 11.3 Å². The molecule has 0 atom stereocenters. The summed E-state index contributed by atoms with van der Waals surface area (Å²) in [5.74, 6) is 0. The Hall–Kier alpha value is -2.54. The molecule has 0 fully saturated rings. The number of fused-ring (bicyclic) bond motifs is 1. The Balaban J connectivity index is 1.73. The van der Waals surface area contributed by atoms with E-state index in [-0.39, 0.29) is 0 Å². The van der Waals surface area contributed by atoms with Crippen LogP contribution in [0.4, 0.5) is 0 Å². The van der Waals surface area contributed by atoms with Crippen molar-refractivity contribution >= 4 is 27.0 Å². The summed E-state index contributed by atoms with van der Waals surface area (Å²) in [6, 6.07) is 10.1. The number of halogens is 1. The van der Waals surface area contributed by atoms with Crippen LogP contribution in [0, 0.1) is 6.92 Å². The van der Waals surface area contributed by atoms with Crippen LogP contribution in [0.3, 0.4) is 0 Å². The standard InChI is InChI=1S/C16H13BrN6/c1-10-14(15-13-6-7-18-16(13)20-9-19-15)21-22-23(10)8-11-2-4-12(17)5-3-11/h2-7,9H,8H2,1H3,(H,18,19,20). The van der Waals surface area contributed by atoms with Crippen molar-refractivity contribution in [2.45, 2.75) is 13.5 Å². The van der Waals surface area contributed by atoms with Gasteiger partial charge in [-0.15, -0.1) is 5.10 Å². The van der Waals surface area contributed by atoms with Crippen LogP contribution in [0.15, 0.2) is 47.3 Å². The van der Waals surface area contributed by atoms with Crippen LogP contribution in [0.25, 0.3) is 22.4 Å². The third-order valence-corrected chi connectivity index (χ3v) is 4.34. The van der Waals surface area contributed by atoms with Crippen molar-refractivity contribution in [2.75, 3.05) is 0 Å². The van der Waals surface area contributed by atoms with Crippen LogP contribution in [-0.4, -0.2) is 29.9 Å². The van der Waals surface area contributed by atoms with Crippen molar-refractivity contribution in [3.05, 3.63) is 58.6 Å². The van der Waals surface area contributed by atoms with Crippen LogP contribution >= 0.6 is 15.9 Å². The highest BCUT2D eigenvalue weighted by molar-refractivity contribution is 9.10. The van der Waals surface area contributed by atoms with Gasteiger partial charge in [0.2, 0.25) is 0 Å². The van der Waals surface area contributed by atoms with E-state index in [1.807, 2.05) is 36.0 Å². The van der Waals surface area contributed by atoms with E-state index in [0.29, 0.717) is 6.54 Å². The number of hydrogen-bond donors (Lipinski definition) is 1. The van der Waals surface area contributed by atoms with Gasteiger partial charge in [0.15, 0.2) is 0 Å². The Bertz CT molecular complexity index is 970. The van der Waals surface area contributed by atoms with Gasteiger partial charge in [-0.25, -0.2) is 14.6 Å². The van der Waals surface area contributed by atoms with E-state index in [0.717, 1.165) is 32.6 Å². The lowest BCUT2D eigenvalue weighted by Crippen LogP contribution is -2.04. The molecule has 0 spiro atoms. The minimum Gasteiger partial charge on any atom is -0.346 e. The Labute approximate surface area is 140 Å². The predicted octanol–water partition coefficient (Wildman–Crippen LogP) is 3.34. The first-order valence-corrected chi connectivity index (χ1v) is 7.94. The molecule has 0 amide bonds. The Morgan fingerprint density at radius 3 is 2.74 bits per heavy atom. The maximum atomic E-state index is 4.39. The summed E-state index contributed by atoms with van der Waals surface area (Å²) in [6.07, 6.45) is 3.39. The largest absolute Gasteiger partial charge is 0.346 e. The molecule has 0 saturated carbocycles. The van der Waals surface area contributed by atoms with Gasteiger partial charge in [0.1, 0.15) is 23.4 Å². The van der Waals surface area contributed by atoms with Gasteiger partial charge >= 0.3 is 0 Å². The van der Waals surface area contributed by atoms with E-state index >= 15 is 0 Å². The number of nitrogens with zero attached hydrogens (tertiary/aromatic N) is 5. The molecular weight excluding hydrogens is 356 g/mol. The van der Waals surface area contributed by atoms with Crippen LogP contribution in [-0.2, 0) is 6.54 Å². The molecule has 1 N–H and O–H groups in total. The molecule has 4 aromatic rings. The second-order valence-electron chi connectivity index (χ2n) is 5.27. The number of rotatable bonds is 3. The second kappa shape index (κ2) is 5.58. The normalized spacial score (nSPS) is 11.2. The topological polar surface area (TPSA) is 72.3 Å². The van der Waals surface area contributed by atoms with Gasteiger partial charge in [-0.3, -0.25) is 0 Å². The summed E-state index contributed by atoms with van der Waals surface area (Å²) in [4.78, 5) is 11.7. The SMILES string of the molecule is Cc1c(-c2ncnc3[nH]ccc23)nnn1Cc1ccc(Br)cc1. The number of hydrogen-bond acceptors (Lipinski definition) is 4. The predicted molar refractivity (Wildman–Crippen MR) is 90.9 cm³/mol. The first-order valence-electron chi connectivity index (χ1n) is 7.15. The van der Waals surface area contributed by atoms with Gasteiger partial charge in [-0.1, -0.05) is 33.3 Å². The lowest BCUT2D eigenvalue weighted by atomic mass is 10.2. The van der Waals surface area contributed by atoms with Gasteiger partial charge in [0, 0.05) is 16.1 Å². The zero-order valence-corrected chi connectivity index (χ0v) is 13.9. The van der Waals surface area contributed by atoms with Gasteiger partial charge < -0.3 is 4.98 Å². The van der Waals surface area contributed by atoms with Crippen molar-refractivity contribution in [3.8, 4) is 11.4 Å². The van der Waals surface area contributed by atoms with Crippen molar-refractivity contribution in [2.24, 2.45) is 0 Å². The highest BCUT2D eigenvalue weighted by Gasteiger charge is 2.15. The number of H-pyrrole nitrogens is 1. The molecule has 3 heterocycles. The van der Waals surface area contributed by atoms with Crippen molar-refractivity contribution < 1.29 is 0 Å². The molecule has 0 aliphatic carbocycles. The molecule has 0 aliphatic rings. The highest BCUT2D eigenvalue weighted by atomic mass is 79.9. The van der Waals surface area contributed by atoms with Crippen LogP contribution < -0.4 is 0 Å². The fourth-order valence-corrected chi connectivity index (χ4v) is 2.82. The lowest BCUT2D eigenvalue weighted by Gasteiger charge is -2.04. The zero-order valence-electron chi connectivity index (χ0n) is 12.4. The van der Waals surface area contributed by atoms with E-state index < -0.39 is 0 Å². The number of benzene rings is 1. The van der Waals surface area contributed by atoms with E-state index in [1.165, 1.54) is 5.56 Å². The maximum absolute atomic E-state index is 4.39. The fraction of sp³-hybridized carbons (Fsp3) is 0.125. The number of aromatic nitrogens is 6. The van der Waals surface area contributed by atoms with E-state index in [2.05, 4.69) is 53.3 Å². The van der Waals surface area contributed by atoms with Crippen molar-refractivity contribution in [1.82, 2.24) is 29.9 Å². The number of aromatic amines is 1. The summed E-state index contributed by atoms with van der Waals surface area (Å²) < 4.78 is 2.95. The Morgan fingerprint density at radius 2 is 1.91 bits per heavy atom. The molecule has 114 valence electrons. The van der Waals surface area contributed by atoms with Gasteiger partial charge in [-0.2, -0.15) is 0 Å². The second-order valence-corrected chi connectivity index (χ2v) is 6.19. The summed E-state index contributed by atoms with van der Waals surface area (Å²) in [5, 5.41) is 9.56. The molecule has 4 rings (SSSR count). The molecule has 7 heteroatoms. The third-order valence-electron chi connectivity index (χ3n) is 3.81. The summed E-state index contributed by atoms with van der Waals surface area (Å²) in [7, 11) is 0. The molecule has 3 aromatic heterocycles. The van der Waals surface area contributed by atoms with Crippen LogP contribution in [0.2, 0.25) is 0 Å². The first kappa shape index (κ1) is 14.1. The monoisotopic (exact) mass is 368 g/mol. The molecule has 0 saturated heterocycles. The quantitative estimate of drug-likeness (QED) is 0.601. The highest BCUT2D eigenvalue weighted by Crippen LogP contribution is 2.25. The molecule has 1 aromatic carbocycles. The molecule has 0 aliphatic heterocycles. The Kier molecular flexibility index (Phi) is 3.42. The summed E-state index contributed by atoms with van der Waals surface area (Å²) >= 11 is 3.45. The van der Waals surface area contributed by atoms with Gasteiger partial charge in [0.25, 0.3) is 0 Å². The average Bonchev–Trinajstić information content (AvgIpc) is 3.17. The smallest absolute Gasteiger partial charge is 0.141 e. The van der Waals surface area contributed by atoms with Crippen molar-refractivity contribution in [3.63, 3.8) is 0 Å². The van der Waals surface area contributed by atoms with Crippen LogP contribution in [0.5, 0.6) is 0 Å². The molecule has 6 nitrogen and oxygen atoms in total. The number of nitrogens with one attached hydrogen (secondary N) is 1. The molecule has 0 unspecified atom stereocenters. The molecule has 0 radical (unpaired) electrons. The summed E-state index contributed by atoms with van der Waals surface area (Å²) in [6.45, 7) is 2.68. The van der Waals surface area contributed by atoms with E-state index in [4.69, 9.17) is 0 Å². The van der Waals surface area contributed by atoms with E-state index in [1.54, 1.807) is 6.33 Å². The Morgan fingerprint density at radius 1 is 1.09 bits per heavy atom. The third kappa shape index (κ3) is 2.53. The molecule has 23 heavy (non-hydrogen) atoms. The fourth-order valence-electron chi connectivity index (χ4n) is 2.55. The zero-order chi connectivity index (χ0) is 15.8. The maximum Gasteiger partial charge on any atom is 0.141 e. The lowest BCUT2D eigenvalue weighted by molar-refractivity contribution is 0.633. The minimum atomic E-state index is 0.674. The summed E-state index contributed by atoms with van der Waals surface area (Å²) in [5.41, 5.74) is 4.54. The first-order chi connectivity index (χ1) is 11.2. The van der Waals surface area contributed by atoms with Gasteiger partial charge in [0.05, 0.1) is 12.2 Å². The minimum absolute atomic E-state index is 0.674. The molecule has 0 bridgehead atoms. The van der Waals surface area contributed by atoms with Gasteiger partial charge in [-0.05, 0) is 30.7 Å². The molecular formula is C16H13BrN6.